The van der Waals surface area contributed by atoms with Gasteiger partial charge in [-0.05, 0) is 0 Å². The predicted molar refractivity (Wildman–Crippen MR) is 62.6 cm³/mol. The molecule has 0 radical (unpaired) electrons. The van der Waals surface area contributed by atoms with Crippen LogP contribution in [0.5, 0.6) is 0 Å². The van der Waals surface area contributed by atoms with E-state index in [0.29, 0.717) is 13.1 Å². The van der Waals surface area contributed by atoms with Gasteiger partial charge in [-0.25, -0.2) is 0 Å². The summed E-state index contributed by atoms with van der Waals surface area (Å²) in [5.41, 5.74) is 8.76. The molecule has 4 nitrogen and oxygen atoms in total. The van der Waals surface area contributed by atoms with Crippen LogP contribution in [0.4, 0.5) is 0 Å². The number of nitrogens with zero attached hydrogens (tertiary/aromatic N) is 2. The van der Waals surface area contributed by atoms with E-state index in [1.54, 1.807) is 10.9 Å². The van der Waals surface area contributed by atoms with Crippen LogP contribution in [-0.2, 0) is 13.1 Å². The number of nitrogens with two attached hydrogens (primary N) is 1. The van der Waals surface area contributed by atoms with Crippen molar-refractivity contribution in [3.05, 3.63) is 42.1 Å². The third-order valence-electron chi connectivity index (χ3n) is 2.49. The second-order valence-electron chi connectivity index (χ2n) is 3.54. The van der Waals surface area contributed by atoms with Crippen LogP contribution in [0.25, 0.3) is 11.3 Å². The SMILES string of the molecule is NCc1cnn(CCO)c1-c1ccccc1. The third kappa shape index (κ3) is 1.98. The summed E-state index contributed by atoms with van der Waals surface area (Å²) in [6.07, 6.45) is 1.76. The smallest absolute Gasteiger partial charge is 0.0728 e. The molecule has 1 aromatic carbocycles. The summed E-state index contributed by atoms with van der Waals surface area (Å²) < 4.78 is 1.79. The van der Waals surface area contributed by atoms with Gasteiger partial charge in [-0.15, -0.1) is 0 Å². The highest BCUT2D eigenvalue weighted by atomic mass is 16.3. The molecular formula is C12H15N3O. The zero-order valence-electron chi connectivity index (χ0n) is 9.00. The molecule has 1 heterocycles. The van der Waals surface area contributed by atoms with Crippen molar-refractivity contribution in [3.63, 3.8) is 0 Å². The van der Waals surface area contributed by atoms with Gasteiger partial charge >= 0.3 is 0 Å². The molecule has 0 fully saturated rings. The highest BCUT2D eigenvalue weighted by Gasteiger charge is 2.10. The summed E-state index contributed by atoms with van der Waals surface area (Å²) in [6.45, 7) is 1.02. The number of hydrogen-bond donors (Lipinski definition) is 2. The van der Waals surface area contributed by atoms with Gasteiger partial charge in [-0.1, -0.05) is 30.3 Å². The van der Waals surface area contributed by atoms with Crippen molar-refractivity contribution in [1.29, 1.82) is 0 Å². The molecule has 0 unspecified atom stereocenters. The van der Waals surface area contributed by atoms with Crippen LogP contribution in [0.15, 0.2) is 36.5 Å². The Morgan fingerprint density at radius 3 is 2.62 bits per heavy atom. The average molecular weight is 217 g/mol. The van der Waals surface area contributed by atoms with Crippen LogP contribution < -0.4 is 5.73 Å². The van der Waals surface area contributed by atoms with Crippen LogP contribution in [-0.4, -0.2) is 21.5 Å². The first kappa shape index (κ1) is 10.9. The minimum Gasteiger partial charge on any atom is -0.394 e. The first-order chi connectivity index (χ1) is 7.86. The lowest BCUT2D eigenvalue weighted by molar-refractivity contribution is 0.270. The Hall–Kier alpha value is -1.65. The van der Waals surface area contributed by atoms with Crippen molar-refractivity contribution in [2.45, 2.75) is 13.1 Å². The molecule has 4 heteroatoms. The molecule has 16 heavy (non-hydrogen) atoms. The van der Waals surface area contributed by atoms with E-state index >= 15 is 0 Å². The van der Waals surface area contributed by atoms with Crippen molar-refractivity contribution in [3.8, 4) is 11.3 Å². The van der Waals surface area contributed by atoms with E-state index in [1.807, 2.05) is 30.3 Å². The number of hydrogen-bond acceptors (Lipinski definition) is 3. The number of aliphatic hydroxyl groups excluding tert-OH is 1. The first-order valence-electron chi connectivity index (χ1n) is 5.28. The zero-order valence-corrected chi connectivity index (χ0v) is 9.00. The van der Waals surface area contributed by atoms with Gasteiger partial charge in [0.25, 0.3) is 0 Å². The Morgan fingerprint density at radius 1 is 1.25 bits per heavy atom. The minimum absolute atomic E-state index is 0.0749. The first-order valence-corrected chi connectivity index (χ1v) is 5.28. The Labute approximate surface area is 94.3 Å². The van der Waals surface area contributed by atoms with Gasteiger partial charge in [0, 0.05) is 17.7 Å². The fourth-order valence-corrected chi connectivity index (χ4v) is 1.77. The fourth-order valence-electron chi connectivity index (χ4n) is 1.77. The molecule has 84 valence electrons. The molecule has 2 aromatic rings. The van der Waals surface area contributed by atoms with E-state index in [1.165, 1.54) is 0 Å². The summed E-state index contributed by atoms with van der Waals surface area (Å²) in [5, 5.41) is 13.2. The molecule has 0 saturated heterocycles. The lowest BCUT2D eigenvalue weighted by Gasteiger charge is -2.07. The molecule has 2 rings (SSSR count). The van der Waals surface area contributed by atoms with Gasteiger partial charge in [0.1, 0.15) is 0 Å². The van der Waals surface area contributed by atoms with Crippen molar-refractivity contribution >= 4 is 0 Å². The van der Waals surface area contributed by atoms with E-state index in [9.17, 15) is 0 Å². The van der Waals surface area contributed by atoms with E-state index in [4.69, 9.17) is 10.8 Å². The zero-order chi connectivity index (χ0) is 11.4. The van der Waals surface area contributed by atoms with E-state index in [2.05, 4.69) is 5.10 Å². The van der Waals surface area contributed by atoms with Crippen LogP contribution >= 0.6 is 0 Å². The maximum absolute atomic E-state index is 8.98. The summed E-state index contributed by atoms with van der Waals surface area (Å²) in [7, 11) is 0. The van der Waals surface area contributed by atoms with Gasteiger partial charge in [-0.2, -0.15) is 5.10 Å². The number of rotatable bonds is 4. The maximum Gasteiger partial charge on any atom is 0.0728 e. The van der Waals surface area contributed by atoms with Crippen LogP contribution in [0.3, 0.4) is 0 Å². The van der Waals surface area contributed by atoms with Crippen molar-refractivity contribution in [1.82, 2.24) is 9.78 Å². The Kier molecular flexibility index (Phi) is 3.34. The molecule has 0 amide bonds. The summed E-state index contributed by atoms with van der Waals surface area (Å²) in [5.74, 6) is 0. The largest absolute Gasteiger partial charge is 0.394 e. The molecule has 0 spiro atoms. The quantitative estimate of drug-likeness (QED) is 0.803. The molecular weight excluding hydrogens is 202 g/mol. The van der Waals surface area contributed by atoms with Crippen LogP contribution in [0, 0.1) is 0 Å². The van der Waals surface area contributed by atoms with E-state index in [0.717, 1.165) is 16.8 Å². The second kappa shape index (κ2) is 4.92. The average Bonchev–Trinajstić information content (AvgIpc) is 2.74. The number of benzene rings is 1. The molecule has 0 saturated carbocycles. The number of aliphatic hydroxyl groups is 1. The lowest BCUT2D eigenvalue weighted by Crippen LogP contribution is -2.07. The predicted octanol–water partition coefficient (Wildman–Crippen LogP) is 1.00. The Balaban J connectivity index is 2.48. The molecule has 0 aliphatic heterocycles. The molecule has 0 aliphatic carbocycles. The molecule has 0 bridgehead atoms. The van der Waals surface area contributed by atoms with E-state index < -0.39 is 0 Å². The van der Waals surface area contributed by atoms with E-state index in [-0.39, 0.29) is 6.61 Å². The number of aromatic nitrogens is 2. The standard InChI is InChI=1S/C12H15N3O/c13-8-11-9-14-15(6-7-16)12(11)10-4-2-1-3-5-10/h1-5,9,16H,6-8,13H2. The van der Waals surface area contributed by atoms with Gasteiger partial charge in [-0.3, -0.25) is 4.68 Å². The van der Waals surface area contributed by atoms with Crippen LogP contribution in [0.1, 0.15) is 5.56 Å². The van der Waals surface area contributed by atoms with Gasteiger partial charge < -0.3 is 10.8 Å². The van der Waals surface area contributed by atoms with Gasteiger partial charge in [0.15, 0.2) is 0 Å². The molecule has 0 atom stereocenters. The van der Waals surface area contributed by atoms with Crippen molar-refractivity contribution in [2.24, 2.45) is 5.73 Å². The summed E-state index contributed by atoms with van der Waals surface area (Å²) >= 11 is 0. The Morgan fingerprint density at radius 2 is 2.00 bits per heavy atom. The van der Waals surface area contributed by atoms with Crippen molar-refractivity contribution < 1.29 is 5.11 Å². The third-order valence-corrected chi connectivity index (χ3v) is 2.49. The van der Waals surface area contributed by atoms with Gasteiger partial charge in [0.05, 0.1) is 25.0 Å². The summed E-state index contributed by atoms with van der Waals surface area (Å²) in [6, 6.07) is 9.96. The fraction of sp³-hybridized carbons (Fsp3) is 0.250. The maximum atomic E-state index is 8.98. The minimum atomic E-state index is 0.0749. The highest BCUT2D eigenvalue weighted by molar-refractivity contribution is 5.63. The van der Waals surface area contributed by atoms with Crippen molar-refractivity contribution in [2.75, 3.05) is 6.61 Å². The molecule has 3 N–H and O–H groups in total. The molecule has 0 aliphatic rings. The molecule has 1 aromatic heterocycles. The van der Waals surface area contributed by atoms with Gasteiger partial charge in [0.2, 0.25) is 0 Å². The summed E-state index contributed by atoms with van der Waals surface area (Å²) in [4.78, 5) is 0. The normalized spacial score (nSPS) is 10.6. The van der Waals surface area contributed by atoms with Crippen LogP contribution in [0.2, 0.25) is 0 Å². The highest BCUT2D eigenvalue weighted by Crippen LogP contribution is 2.22. The topological polar surface area (TPSA) is 64.1 Å². The lowest BCUT2D eigenvalue weighted by atomic mass is 10.1. The Bertz CT molecular complexity index is 451. The second-order valence-corrected chi connectivity index (χ2v) is 3.54. The monoisotopic (exact) mass is 217 g/mol.